The molecule has 1 fully saturated rings. The van der Waals surface area contributed by atoms with Gasteiger partial charge in [-0.2, -0.15) is 0 Å². The minimum atomic E-state index is 0.513. The van der Waals surface area contributed by atoms with E-state index in [4.69, 9.17) is 5.73 Å². The summed E-state index contributed by atoms with van der Waals surface area (Å²) in [6.07, 6.45) is 6.29. The lowest BCUT2D eigenvalue weighted by atomic mass is 10.0. The summed E-state index contributed by atoms with van der Waals surface area (Å²) in [4.78, 5) is 22.5. The Morgan fingerprint density at radius 2 is 1.60 bits per heavy atom. The van der Waals surface area contributed by atoms with Crippen LogP contribution in [0.2, 0.25) is 0 Å². The van der Waals surface area contributed by atoms with Crippen molar-refractivity contribution in [3.8, 4) is 11.1 Å². The Labute approximate surface area is 175 Å². The topological polar surface area (TPSA) is 84.1 Å². The number of pyridine rings is 2. The van der Waals surface area contributed by atoms with Crippen LogP contribution in [-0.4, -0.2) is 46.1 Å². The second-order valence-electron chi connectivity index (χ2n) is 7.41. The van der Waals surface area contributed by atoms with E-state index >= 15 is 0 Å². The number of hydrogen-bond donors (Lipinski definition) is 1. The number of fused-ring (bicyclic) bond motifs is 1. The third kappa shape index (κ3) is 3.61. The van der Waals surface area contributed by atoms with Crippen molar-refractivity contribution in [1.29, 1.82) is 0 Å². The maximum atomic E-state index is 5.88. The number of nitrogens with zero attached hydrogens (tertiary/aromatic N) is 6. The van der Waals surface area contributed by atoms with E-state index in [9.17, 15) is 0 Å². The molecule has 0 amide bonds. The van der Waals surface area contributed by atoms with Gasteiger partial charge in [-0.25, -0.2) is 19.9 Å². The van der Waals surface area contributed by atoms with Crippen molar-refractivity contribution in [3.63, 3.8) is 0 Å². The zero-order valence-corrected chi connectivity index (χ0v) is 16.6. The fourth-order valence-corrected chi connectivity index (χ4v) is 4.00. The molecule has 5 rings (SSSR count). The SMILES string of the molecule is Nc1cc(-c2ccc3ncnc(N4CCCN(c5ccccn5)CC4)c3c2)ccn1. The van der Waals surface area contributed by atoms with Gasteiger partial charge in [0.05, 0.1) is 5.52 Å². The molecule has 0 atom stereocenters. The van der Waals surface area contributed by atoms with Crippen LogP contribution in [-0.2, 0) is 0 Å². The molecule has 0 spiro atoms. The highest BCUT2D eigenvalue weighted by Gasteiger charge is 2.19. The fourth-order valence-electron chi connectivity index (χ4n) is 4.00. The number of nitrogens with two attached hydrogens (primary N) is 1. The number of nitrogen functional groups attached to an aromatic ring is 1. The van der Waals surface area contributed by atoms with Crippen molar-refractivity contribution in [2.24, 2.45) is 0 Å². The molecule has 4 aromatic rings. The Hall–Kier alpha value is -3.74. The molecule has 0 aliphatic carbocycles. The third-order valence-corrected chi connectivity index (χ3v) is 5.50. The van der Waals surface area contributed by atoms with E-state index in [0.29, 0.717) is 5.82 Å². The minimum Gasteiger partial charge on any atom is -0.384 e. The second kappa shape index (κ2) is 7.94. The Morgan fingerprint density at radius 3 is 2.47 bits per heavy atom. The summed E-state index contributed by atoms with van der Waals surface area (Å²) in [5, 5.41) is 1.05. The lowest BCUT2D eigenvalue weighted by molar-refractivity contribution is 0.795. The normalized spacial score (nSPS) is 14.7. The first-order valence-electron chi connectivity index (χ1n) is 10.2. The monoisotopic (exact) mass is 397 g/mol. The quantitative estimate of drug-likeness (QED) is 0.567. The molecule has 1 aromatic carbocycles. The molecule has 0 radical (unpaired) electrons. The van der Waals surface area contributed by atoms with Gasteiger partial charge in [0.25, 0.3) is 0 Å². The number of hydrogen-bond acceptors (Lipinski definition) is 7. The van der Waals surface area contributed by atoms with E-state index in [1.54, 1.807) is 12.5 Å². The summed E-state index contributed by atoms with van der Waals surface area (Å²) < 4.78 is 0. The molecular weight excluding hydrogens is 374 g/mol. The van der Waals surface area contributed by atoms with Crippen LogP contribution in [0.25, 0.3) is 22.0 Å². The van der Waals surface area contributed by atoms with Gasteiger partial charge in [0, 0.05) is 44.0 Å². The van der Waals surface area contributed by atoms with Crippen molar-refractivity contribution < 1.29 is 0 Å². The average Bonchev–Trinajstić information content (AvgIpc) is 3.05. The van der Waals surface area contributed by atoms with E-state index in [1.807, 2.05) is 36.5 Å². The van der Waals surface area contributed by atoms with Crippen molar-refractivity contribution in [2.75, 3.05) is 41.7 Å². The molecule has 0 saturated carbocycles. The van der Waals surface area contributed by atoms with Crippen molar-refractivity contribution >= 4 is 28.4 Å². The minimum absolute atomic E-state index is 0.513. The van der Waals surface area contributed by atoms with E-state index in [-0.39, 0.29) is 0 Å². The molecule has 0 bridgehead atoms. The summed E-state index contributed by atoms with van der Waals surface area (Å²) in [6, 6.07) is 16.2. The van der Waals surface area contributed by atoms with Gasteiger partial charge in [0.2, 0.25) is 0 Å². The highest BCUT2D eigenvalue weighted by atomic mass is 15.3. The summed E-state index contributed by atoms with van der Waals surface area (Å²) in [7, 11) is 0. The number of rotatable bonds is 3. The van der Waals surface area contributed by atoms with E-state index < -0.39 is 0 Å². The van der Waals surface area contributed by atoms with Crippen molar-refractivity contribution in [3.05, 3.63) is 67.3 Å². The highest BCUT2D eigenvalue weighted by Crippen LogP contribution is 2.30. The van der Waals surface area contributed by atoms with Crippen LogP contribution in [0.5, 0.6) is 0 Å². The summed E-state index contributed by atoms with van der Waals surface area (Å²) >= 11 is 0. The van der Waals surface area contributed by atoms with Gasteiger partial charge in [0.1, 0.15) is 23.8 Å². The molecule has 1 saturated heterocycles. The molecule has 3 aromatic heterocycles. The molecule has 30 heavy (non-hydrogen) atoms. The van der Waals surface area contributed by atoms with Crippen LogP contribution in [0.15, 0.2) is 67.3 Å². The van der Waals surface area contributed by atoms with Gasteiger partial charge in [-0.1, -0.05) is 12.1 Å². The first-order valence-corrected chi connectivity index (χ1v) is 10.2. The van der Waals surface area contributed by atoms with E-state index in [1.165, 1.54) is 0 Å². The van der Waals surface area contributed by atoms with Gasteiger partial charge in [-0.05, 0) is 53.9 Å². The van der Waals surface area contributed by atoms with Gasteiger partial charge >= 0.3 is 0 Å². The average molecular weight is 397 g/mol. The van der Waals surface area contributed by atoms with Crippen LogP contribution in [0.4, 0.5) is 17.5 Å². The Balaban J connectivity index is 1.47. The standard InChI is InChI=1S/C23H23N7/c24-21-15-18(7-9-25-21)17-5-6-20-19(14-17)23(28-16-27-20)30-11-3-10-29(12-13-30)22-4-1-2-8-26-22/h1-2,4-9,14-16H,3,10-13H2,(H2,24,25). The molecule has 7 heteroatoms. The van der Waals surface area contributed by atoms with Crippen LogP contribution in [0.1, 0.15) is 6.42 Å². The molecule has 4 heterocycles. The molecule has 1 aliphatic heterocycles. The van der Waals surface area contributed by atoms with Gasteiger partial charge in [-0.15, -0.1) is 0 Å². The predicted octanol–water partition coefficient (Wildman–Crippen LogP) is 3.39. The zero-order valence-electron chi connectivity index (χ0n) is 16.6. The van der Waals surface area contributed by atoms with Gasteiger partial charge < -0.3 is 15.5 Å². The van der Waals surface area contributed by atoms with E-state index in [2.05, 4.69) is 47.9 Å². The second-order valence-corrected chi connectivity index (χ2v) is 7.41. The molecule has 7 nitrogen and oxygen atoms in total. The fraction of sp³-hybridized carbons (Fsp3) is 0.217. The lowest BCUT2D eigenvalue weighted by Gasteiger charge is -2.24. The predicted molar refractivity (Wildman–Crippen MR) is 120 cm³/mol. The van der Waals surface area contributed by atoms with Crippen molar-refractivity contribution in [1.82, 2.24) is 19.9 Å². The summed E-state index contributed by atoms with van der Waals surface area (Å²) in [5.41, 5.74) is 8.94. The Morgan fingerprint density at radius 1 is 0.733 bits per heavy atom. The molecular formula is C23H23N7. The first-order chi connectivity index (χ1) is 14.8. The highest BCUT2D eigenvalue weighted by molar-refractivity contribution is 5.93. The van der Waals surface area contributed by atoms with E-state index in [0.717, 1.165) is 66.3 Å². The number of aromatic nitrogens is 4. The first kappa shape index (κ1) is 18.3. The molecule has 2 N–H and O–H groups in total. The maximum absolute atomic E-state index is 5.88. The summed E-state index contributed by atoms with van der Waals surface area (Å²) in [5.74, 6) is 2.52. The molecule has 150 valence electrons. The smallest absolute Gasteiger partial charge is 0.139 e. The van der Waals surface area contributed by atoms with Crippen LogP contribution in [0, 0.1) is 0 Å². The number of benzene rings is 1. The Bertz CT molecular complexity index is 1160. The largest absolute Gasteiger partial charge is 0.384 e. The molecule has 0 unspecified atom stereocenters. The van der Waals surface area contributed by atoms with Gasteiger partial charge in [0.15, 0.2) is 0 Å². The number of anilines is 3. The van der Waals surface area contributed by atoms with Crippen LogP contribution in [0.3, 0.4) is 0 Å². The van der Waals surface area contributed by atoms with Crippen LogP contribution >= 0.6 is 0 Å². The maximum Gasteiger partial charge on any atom is 0.139 e. The molecule has 1 aliphatic rings. The zero-order chi connectivity index (χ0) is 20.3. The third-order valence-electron chi connectivity index (χ3n) is 5.50. The van der Waals surface area contributed by atoms with Gasteiger partial charge in [-0.3, -0.25) is 0 Å². The van der Waals surface area contributed by atoms with Crippen molar-refractivity contribution in [2.45, 2.75) is 6.42 Å². The summed E-state index contributed by atoms with van der Waals surface area (Å²) in [6.45, 7) is 3.72. The lowest BCUT2D eigenvalue weighted by Crippen LogP contribution is -2.31. The Kier molecular flexibility index (Phi) is 4.85. The van der Waals surface area contributed by atoms with Crippen LogP contribution < -0.4 is 15.5 Å².